The number of nitrogens with one attached hydrogen (secondary N) is 3. The van der Waals surface area contributed by atoms with Gasteiger partial charge in [0, 0.05) is 31.8 Å². The van der Waals surface area contributed by atoms with Crippen LogP contribution in [0.4, 0.5) is 0 Å². The Bertz CT molecular complexity index is 759. The van der Waals surface area contributed by atoms with Crippen LogP contribution in [0.3, 0.4) is 0 Å². The molecule has 0 aliphatic rings. The van der Waals surface area contributed by atoms with Crippen molar-refractivity contribution in [3.63, 3.8) is 0 Å². The van der Waals surface area contributed by atoms with Gasteiger partial charge in [0.05, 0.1) is 19.3 Å². The number of benzene rings is 1. The number of carbonyl (C=O) groups is 1. The average molecular weight is 501 g/mol. The van der Waals surface area contributed by atoms with Gasteiger partial charge in [-0.1, -0.05) is 19.0 Å². The molecule has 154 valence electrons. The van der Waals surface area contributed by atoms with E-state index >= 15 is 0 Å². The van der Waals surface area contributed by atoms with Gasteiger partial charge in [-0.05, 0) is 30.2 Å². The van der Waals surface area contributed by atoms with Crippen LogP contribution in [-0.2, 0) is 6.54 Å². The van der Waals surface area contributed by atoms with Crippen LogP contribution in [0.1, 0.15) is 41.6 Å². The molecule has 1 heterocycles. The predicted molar refractivity (Wildman–Crippen MR) is 120 cm³/mol. The summed E-state index contributed by atoms with van der Waals surface area (Å²) in [6.07, 6.45) is 0. The highest BCUT2D eigenvalue weighted by Gasteiger charge is 2.08. The molecule has 3 N–H and O–H groups in total. The number of methoxy groups -OCH3 is 1. The number of hydrogen-bond donors (Lipinski definition) is 3. The van der Waals surface area contributed by atoms with E-state index in [-0.39, 0.29) is 29.9 Å². The molecule has 0 bridgehead atoms. The molecular formula is C19H28IN5O3. The number of hydrogen-bond acceptors (Lipinski definition) is 5. The van der Waals surface area contributed by atoms with Crippen molar-refractivity contribution in [1.29, 1.82) is 0 Å². The van der Waals surface area contributed by atoms with Gasteiger partial charge in [0.25, 0.3) is 5.91 Å². The van der Waals surface area contributed by atoms with E-state index in [1.54, 1.807) is 38.4 Å². The number of amides is 1. The SMILES string of the molecule is CN=C(NCCNC(=O)c1ccc(OC)cc1)NCc1cc(C(C)C)no1.I. The summed E-state index contributed by atoms with van der Waals surface area (Å²) in [5.41, 5.74) is 1.51. The number of rotatable bonds is 8. The van der Waals surface area contributed by atoms with Crippen LogP contribution in [-0.4, -0.2) is 44.3 Å². The number of halogens is 1. The smallest absolute Gasteiger partial charge is 0.251 e. The zero-order valence-electron chi connectivity index (χ0n) is 16.6. The Morgan fingerprint density at radius 1 is 1.18 bits per heavy atom. The topological polar surface area (TPSA) is 101 Å². The summed E-state index contributed by atoms with van der Waals surface area (Å²) in [6.45, 7) is 5.61. The lowest BCUT2D eigenvalue weighted by molar-refractivity contribution is 0.0954. The largest absolute Gasteiger partial charge is 0.497 e. The highest BCUT2D eigenvalue weighted by molar-refractivity contribution is 14.0. The first-order valence-electron chi connectivity index (χ1n) is 8.85. The normalized spacial score (nSPS) is 11.0. The lowest BCUT2D eigenvalue weighted by Crippen LogP contribution is -2.41. The Kier molecular flexibility index (Phi) is 10.4. The molecule has 0 saturated heterocycles. The minimum Gasteiger partial charge on any atom is -0.497 e. The summed E-state index contributed by atoms with van der Waals surface area (Å²) in [5, 5.41) is 13.2. The number of ether oxygens (including phenoxy) is 1. The van der Waals surface area contributed by atoms with E-state index < -0.39 is 0 Å². The number of guanidine groups is 1. The van der Waals surface area contributed by atoms with Gasteiger partial charge in [-0.3, -0.25) is 9.79 Å². The van der Waals surface area contributed by atoms with Crippen molar-refractivity contribution < 1.29 is 14.1 Å². The molecule has 1 aromatic carbocycles. The maximum Gasteiger partial charge on any atom is 0.251 e. The van der Waals surface area contributed by atoms with Gasteiger partial charge in [-0.15, -0.1) is 24.0 Å². The first-order valence-corrected chi connectivity index (χ1v) is 8.85. The molecule has 0 aliphatic carbocycles. The van der Waals surface area contributed by atoms with Crippen molar-refractivity contribution in [2.75, 3.05) is 27.2 Å². The van der Waals surface area contributed by atoms with Crippen LogP contribution in [0.2, 0.25) is 0 Å². The minimum atomic E-state index is -0.134. The van der Waals surface area contributed by atoms with Crippen LogP contribution in [0.5, 0.6) is 5.75 Å². The predicted octanol–water partition coefficient (Wildman–Crippen LogP) is 2.52. The van der Waals surface area contributed by atoms with E-state index in [1.165, 1.54) is 0 Å². The van der Waals surface area contributed by atoms with Gasteiger partial charge in [0.1, 0.15) is 5.75 Å². The van der Waals surface area contributed by atoms with Crippen molar-refractivity contribution in [2.45, 2.75) is 26.3 Å². The second kappa shape index (κ2) is 12.2. The maximum atomic E-state index is 12.1. The fourth-order valence-corrected chi connectivity index (χ4v) is 2.28. The third-order valence-electron chi connectivity index (χ3n) is 3.88. The first-order chi connectivity index (χ1) is 13.0. The quantitative estimate of drug-likeness (QED) is 0.223. The molecular weight excluding hydrogens is 473 g/mol. The average Bonchev–Trinajstić information content (AvgIpc) is 3.16. The van der Waals surface area contributed by atoms with Gasteiger partial charge in [-0.25, -0.2) is 0 Å². The molecule has 0 atom stereocenters. The summed E-state index contributed by atoms with van der Waals surface area (Å²) in [7, 11) is 3.28. The summed E-state index contributed by atoms with van der Waals surface area (Å²) >= 11 is 0. The van der Waals surface area contributed by atoms with Crippen LogP contribution >= 0.6 is 24.0 Å². The van der Waals surface area contributed by atoms with Crippen molar-refractivity contribution in [3.8, 4) is 5.75 Å². The van der Waals surface area contributed by atoms with Gasteiger partial charge in [0.15, 0.2) is 11.7 Å². The lowest BCUT2D eigenvalue weighted by Gasteiger charge is -2.11. The molecule has 0 aliphatic heterocycles. The maximum absolute atomic E-state index is 12.1. The lowest BCUT2D eigenvalue weighted by atomic mass is 10.1. The van der Waals surface area contributed by atoms with E-state index in [2.05, 4.69) is 39.9 Å². The standard InChI is InChI=1S/C19H27N5O3.HI/c1-13(2)17-11-16(27-24-17)12-23-19(20-3)22-10-9-21-18(25)14-5-7-15(26-4)8-6-14;/h5-8,11,13H,9-10,12H2,1-4H3,(H,21,25)(H2,20,22,23);1H. The third kappa shape index (κ3) is 7.37. The minimum absolute atomic E-state index is 0. The summed E-state index contributed by atoms with van der Waals surface area (Å²) < 4.78 is 10.4. The number of nitrogens with zero attached hydrogens (tertiary/aromatic N) is 2. The van der Waals surface area contributed by atoms with Gasteiger partial charge >= 0.3 is 0 Å². The zero-order chi connectivity index (χ0) is 19.6. The molecule has 0 saturated carbocycles. The third-order valence-corrected chi connectivity index (χ3v) is 3.88. The fourth-order valence-electron chi connectivity index (χ4n) is 2.28. The second-order valence-electron chi connectivity index (χ2n) is 6.21. The fraction of sp³-hybridized carbons (Fsp3) is 0.421. The van der Waals surface area contributed by atoms with Crippen LogP contribution < -0.4 is 20.7 Å². The highest BCUT2D eigenvalue weighted by atomic mass is 127. The van der Waals surface area contributed by atoms with E-state index in [0.29, 0.717) is 37.1 Å². The first kappa shape index (κ1) is 23.7. The van der Waals surface area contributed by atoms with Crippen molar-refractivity contribution >= 4 is 35.8 Å². The van der Waals surface area contributed by atoms with Crippen LogP contribution in [0, 0.1) is 0 Å². The molecule has 28 heavy (non-hydrogen) atoms. The molecule has 0 spiro atoms. The highest BCUT2D eigenvalue weighted by Crippen LogP contribution is 2.13. The molecule has 2 aromatic rings. The summed E-state index contributed by atoms with van der Waals surface area (Å²) in [5.74, 6) is 2.28. The van der Waals surface area contributed by atoms with Crippen molar-refractivity contribution in [2.24, 2.45) is 4.99 Å². The Labute approximate surface area is 182 Å². The van der Waals surface area contributed by atoms with Gasteiger partial charge in [0.2, 0.25) is 0 Å². The summed E-state index contributed by atoms with van der Waals surface area (Å²) in [6, 6.07) is 8.90. The van der Waals surface area contributed by atoms with E-state index in [0.717, 1.165) is 17.2 Å². The number of aromatic nitrogens is 1. The van der Waals surface area contributed by atoms with Crippen molar-refractivity contribution in [1.82, 2.24) is 21.1 Å². The molecule has 0 fully saturated rings. The van der Waals surface area contributed by atoms with Crippen LogP contribution in [0.25, 0.3) is 0 Å². The summed E-state index contributed by atoms with van der Waals surface area (Å²) in [4.78, 5) is 16.2. The molecule has 8 nitrogen and oxygen atoms in total. The number of carbonyl (C=O) groups excluding carboxylic acids is 1. The Morgan fingerprint density at radius 3 is 2.43 bits per heavy atom. The van der Waals surface area contributed by atoms with E-state index in [1.807, 2.05) is 6.07 Å². The van der Waals surface area contributed by atoms with E-state index in [4.69, 9.17) is 9.26 Å². The monoisotopic (exact) mass is 501 g/mol. The van der Waals surface area contributed by atoms with Crippen molar-refractivity contribution in [3.05, 3.63) is 47.3 Å². The molecule has 0 unspecified atom stereocenters. The Balaban J connectivity index is 0.00000392. The van der Waals surface area contributed by atoms with Gasteiger partial charge < -0.3 is 25.2 Å². The Hall–Kier alpha value is -2.30. The van der Waals surface area contributed by atoms with E-state index in [9.17, 15) is 4.79 Å². The molecule has 9 heteroatoms. The molecule has 1 aromatic heterocycles. The van der Waals surface area contributed by atoms with Gasteiger partial charge in [-0.2, -0.15) is 0 Å². The molecule has 0 radical (unpaired) electrons. The number of aliphatic imine (C=N–C) groups is 1. The molecule has 2 rings (SSSR count). The Morgan fingerprint density at radius 2 is 1.86 bits per heavy atom. The zero-order valence-corrected chi connectivity index (χ0v) is 18.9. The molecule has 1 amide bonds. The second-order valence-corrected chi connectivity index (χ2v) is 6.21. The van der Waals surface area contributed by atoms with Crippen LogP contribution in [0.15, 0.2) is 39.8 Å².